The Bertz CT molecular complexity index is 997. The molecule has 6 nitrogen and oxygen atoms in total. The average molecular weight is 451 g/mol. The highest BCUT2D eigenvalue weighted by Crippen LogP contribution is 2.29. The molecule has 0 saturated carbocycles. The van der Waals surface area contributed by atoms with Crippen LogP contribution in [0.2, 0.25) is 0 Å². The summed E-state index contributed by atoms with van der Waals surface area (Å²) in [6.45, 7) is 1.53. The number of rotatable bonds is 9. The fraction of sp³-hybridized carbons (Fsp3) is 0.250. The molecule has 30 heavy (non-hydrogen) atoms. The van der Waals surface area contributed by atoms with Crippen LogP contribution < -0.4 is 15.4 Å². The van der Waals surface area contributed by atoms with Gasteiger partial charge < -0.3 is 15.4 Å². The fourth-order valence-electron chi connectivity index (χ4n) is 2.49. The van der Waals surface area contributed by atoms with Crippen molar-refractivity contribution in [1.29, 1.82) is 0 Å². The number of nitrogens with zero attached hydrogens (tertiary/aromatic N) is 2. The van der Waals surface area contributed by atoms with Gasteiger partial charge in [-0.1, -0.05) is 47.4 Å². The molecule has 0 spiro atoms. The molecule has 1 heterocycles. The number of ether oxygens (including phenoxy) is 1. The van der Waals surface area contributed by atoms with E-state index in [4.69, 9.17) is 0 Å². The van der Waals surface area contributed by atoms with Gasteiger partial charge in [0.15, 0.2) is 4.34 Å². The maximum atomic E-state index is 12.1. The Kier molecular flexibility index (Phi) is 7.58. The lowest BCUT2D eigenvalue weighted by atomic mass is 10.1. The van der Waals surface area contributed by atoms with Crippen molar-refractivity contribution in [3.05, 3.63) is 59.2 Å². The van der Waals surface area contributed by atoms with Crippen LogP contribution >= 0.6 is 23.1 Å². The number of carbonyl (C=O) groups excluding carboxylic acids is 1. The van der Waals surface area contributed by atoms with Crippen LogP contribution in [0.4, 0.5) is 19.6 Å². The normalized spacial score (nSPS) is 10.8. The summed E-state index contributed by atoms with van der Waals surface area (Å²) in [4.78, 5) is 12.1. The molecule has 0 bridgehead atoms. The number of hydrogen-bond donors (Lipinski definition) is 2. The lowest BCUT2D eigenvalue weighted by molar-refractivity contribution is -0.118. The average Bonchev–Trinajstić information content (AvgIpc) is 3.16. The number of aromatic nitrogens is 2. The predicted molar refractivity (Wildman–Crippen MR) is 115 cm³/mol. The Morgan fingerprint density at radius 2 is 1.93 bits per heavy atom. The van der Waals surface area contributed by atoms with Gasteiger partial charge in [0.2, 0.25) is 11.0 Å². The van der Waals surface area contributed by atoms with Crippen LogP contribution in [0.15, 0.2) is 46.8 Å². The lowest BCUT2D eigenvalue weighted by Crippen LogP contribution is -2.24. The number of amides is 1. The van der Waals surface area contributed by atoms with Gasteiger partial charge in [-0.15, -0.1) is 10.2 Å². The summed E-state index contributed by atoms with van der Waals surface area (Å²) in [5.41, 5.74) is 4.10. The zero-order valence-corrected chi connectivity index (χ0v) is 17.9. The van der Waals surface area contributed by atoms with Crippen molar-refractivity contribution in [2.24, 2.45) is 0 Å². The first kappa shape index (κ1) is 22.0. The van der Waals surface area contributed by atoms with Crippen molar-refractivity contribution < 1.29 is 18.3 Å². The molecule has 10 heteroatoms. The molecule has 3 aromatic rings. The molecule has 3 rings (SSSR count). The SMILES string of the molecule is Cc1cccc(Nc2nnc(SCC(=O)NCc3ccc(OC(F)F)cc3)s2)c1C. The smallest absolute Gasteiger partial charge is 0.387 e. The van der Waals surface area contributed by atoms with Crippen molar-refractivity contribution in [3.63, 3.8) is 0 Å². The van der Waals surface area contributed by atoms with Crippen molar-refractivity contribution in [3.8, 4) is 5.75 Å². The van der Waals surface area contributed by atoms with E-state index < -0.39 is 6.61 Å². The van der Waals surface area contributed by atoms with Crippen LogP contribution in [0.3, 0.4) is 0 Å². The third kappa shape index (κ3) is 6.39. The van der Waals surface area contributed by atoms with Gasteiger partial charge in [0, 0.05) is 12.2 Å². The number of anilines is 2. The van der Waals surface area contributed by atoms with Gasteiger partial charge in [0.1, 0.15) is 5.75 Å². The second-order valence-electron chi connectivity index (χ2n) is 6.33. The van der Waals surface area contributed by atoms with Gasteiger partial charge in [-0.3, -0.25) is 4.79 Å². The molecule has 2 N–H and O–H groups in total. The third-order valence-electron chi connectivity index (χ3n) is 4.22. The summed E-state index contributed by atoms with van der Waals surface area (Å²) < 4.78 is 29.3. The Hall–Kier alpha value is -2.72. The maximum Gasteiger partial charge on any atom is 0.387 e. The molecule has 0 aliphatic rings. The summed E-state index contributed by atoms with van der Waals surface area (Å²) in [5, 5.41) is 14.9. The van der Waals surface area contributed by atoms with Crippen LogP contribution in [0.1, 0.15) is 16.7 Å². The third-order valence-corrected chi connectivity index (χ3v) is 6.19. The molecule has 158 valence electrons. The minimum Gasteiger partial charge on any atom is -0.435 e. The molecule has 0 atom stereocenters. The topological polar surface area (TPSA) is 76.1 Å². The van der Waals surface area contributed by atoms with Gasteiger partial charge in [-0.25, -0.2) is 0 Å². The predicted octanol–water partition coefficient (Wildman–Crippen LogP) is 4.91. The Balaban J connectivity index is 1.44. The minimum atomic E-state index is -2.86. The first-order valence-corrected chi connectivity index (χ1v) is 10.8. The molecule has 0 unspecified atom stereocenters. The van der Waals surface area contributed by atoms with E-state index in [0.717, 1.165) is 16.8 Å². The molecule has 1 amide bonds. The molecular weight excluding hydrogens is 430 g/mol. The maximum absolute atomic E-state index is 12.1. The van der Waals surface area contributed by atoms with Crippen LogP contribution in [0.25, 0.3) is 0 Å². The van der Waals surface area contributed by atoms with Gasteiger partial charge in [-0.2, -0.15) is 8.78 Å². The lowest BCUT2D eigenvalue weighted by Gasteiger charge is -2.08. The first-order valence-electron chi connectivity index (χ1n) is 9.00. The monoisotopic (exact) mass is 450 g/mol. The molecule has 2 aromatic carbocycles. The second-order valence-corrected chi connectivity index (χ2v) is 8.53. The van der Waals surface area contributed by atoms with Gasteiger partial charge >= 0.3 is 6.61 Å². The molecule has 0 aliphatic carbocycles. The van der Waals surface area contributed by atoms with E-state index in [9.17, 15) is 13.6 Å². The van der Waals surface area contributed by atoms with Gasteiger partial charge in [-0.05, 0) is 48.7 Å². The number of halogens is 2. The Labute approximate surface area is 181 Å². The van der Waals surface area contributed by atoms with E-state index in [2.05, 4.69) is 25.6 Å². The summed E-state index contributed by atoms with van der Waals surface area (Å²) in [6.07, 6.45) is 0. The van der Waals surface area contributed by atoms with Crippen LogP contribution in [-0.2, 0) is 11.3 Å². The number of thioether (sulfide) groups is 1. The minimum absolute atomic E-state index is 0.0807. The van der Waals surface area contributed by atoms with Crippen molar-refractivity contribution >= 4 is 39.8 Å². The van der Waals surface area contributed by atoms with E-state index >= 15 is 0 Å². The van der Waals surface area contributed by atoms with E-state index in [1.807, 2.05) is 32.0 Å². The summed E-state index contributed by atoms with van der Waals surface area (Å²) in [6, 6.07) is 12.1. The fourth-order valence-corrected chi connectivity index (χ4v) is 4.08. The summed E-state index contributed by atoms with van der Waals surface area (Å²) >= 11 is 2.68. The number of alkyl halides is 2. The summed E-state index contributed by atoms with van der Waals surface area (Å²) in [5.74, 6) is 0.120. The summed E-state index contributed by atoms with van der Waals surface area (Å²) in [7, 11) is 0. The van der Waals surface area contributed by atoms with Crippen molar-refractivity contribution in [2.75, 3.05) is 11.1 Å². The molecule has 0 radical (unpaired) electrons. The Morgan fingerprint density at radius 1 is 1.17 bits per heavy atom. The number of aryl methyl sites for hydroxylation is 1. The van der Waals surface area contributed by atoms with Crippen LogP contribution in [0, 0.1) is 13.8 Å². The molecule has 1 aromatic heterocycles. The number of carbonyl (C=O) groups is 1. The first-order chi connectivity index (χ1) is 14.4. The second kappa shape index (κ2) is 10.4. The zero-order chi connectivity index (χ0) is 21.5. The number of nitrogens with one attached hydrogen (secondary N) is 2. The van der Waals surface area contributed by atoms with Crippen molar-refractivity contribution in [2.45, 2.75) is 31.3 Å². The molecular formula is C20H20F2N4O2S2. The molecule has 0 fully saturated rings. The zero-order valence-electron chi connectivity index (χ0n) is 16.3. The number of benzene rings is 2. The quantitative estimate of drug-likeness (QED) is 0.451. The standard InChI is InChI=1S/C20H20F2N4O2S2/c1-12-4-3-5-16(13(12)2)24-19-25-26-20(30-19)29-11-17(27)23-10-14-6-8-15(9-7-14)28-18(21)22/h3-9,18H,10-11H2,1-2H3,(H,23,27)(H,24,25). The van der Waals surface area contributed by atoms with Crippen LogP contribution in [0.5, 0.6) is 5.75 Å². The molecule has 0 aliphatic heterocycles. The van der Waals surface area contributed by atoms with E-state index in [-0.39, 0.29) is 17.4 Å². The van der Waals surface area contributed by atoms with Crippen molar-refractivity contribution in [1.82, 2.24) is 15.5 Å². The highest BCUT2D eigenvalue weighted by Gasteiger charge is 2.10. The van der Waals surface area contributed by atoms with Gasteiger partial charge in [0.05, 0.1) is 5.75 Å². The highest BCUT2D eigenvalue weighted by molar-refractivity contribution is 8.01. The Morgan fingerprint density at radius 3 is 2.67 bits per heavy atom. The van der Waals surface area contributed by atoms with E-state index in [1.54, 1.807) is 12.1 Å². The van der Waals surface area contributed by atoms with Crippen LogP contribution in [-0.4, -0.2) is 28.5 Å². The highest BCUT2D eigenvalue weighted by atomic mass is 32.2. The molecule has 0 saturated heterocycles. The largest absolute Gasteiger partial charge is 0.435 e. The van der Waals surface area contributed by atoms with Gasteiger partial charge in [0.25, 0.3) is 0 Å². The van der Waals surface area contributed by atoms with E-state index in [1.165, 1.54) is 40.8 Å². The number of hydrogen-bond acceptors (Lipinski definition) is 7. The van der Waals surface area contributed by atoms with E-state index in [0.29, 0.717) is 16.0 Å².